The highest BCUT2D eigenvalue weighted by molar-refractivity contribution is 9.10. The molecule has 3 heteroatoms. The van der Waals surface area contributed by atoms with E-state index in [1.807, 2.05) is 17.8 Å². The lowest BCUT2D eigenvalue weighted by molar-refractivity contribution is 1.20. The summed E-state index contributed by atoms with van der Waals surface area (Å²) in [5.41, 5.74) is 3.18. The van der Waals surface area contributed by atoms with Crippen molar-refractivity contribution in [2.24, 2.45) is 0 Å². The molecule has 0 N–H and O–H groups in total. The summed E-state index contributed by atoms with van der Waals surface area (Å²) in [7, 11) is 0. The van der Waals surface area contributed by atoms with Crippen molar-refractivity contribution in [3.05, 3.63) is 50.9 Å². The largest absolute Gasteiger partial charge is 0.253 e. The molecule has 0 radical (unpaired) electrons. The molecule has 1 nitrogen and oxygen atoms in total. The van der Waals surface area contributed by atoms with Crippen LogP contribution >= 0.6 is 27.3 Å². The predicted octanol–water partition coefficient (Wildman–Crippen LogP) is 3.50. The van der Waals surface area contributed by atoms with Gasteiger partial charge in [-0.05, 0) is 11.6 Å². The fraction of sp³-hybridized carbons (Fsp3) is 0.100. The van der Waals surface area contributed by atoms with Crippen molar-refractivity contribution in [2.45, 2.75) is 6.42 Å². The van der Waals surface area contributed by atoms with E-state index in [0.717, 1.165) is 6.42 Å². The van der Waals surface area contributed by atoms with Crippen LogP contribution in [0.2, 0.25) is 0 Å². The molecule has 13 heavy (non-hydrogen) atoms. The highest BCUT2D eigenvalue weighted by Gasteiger charge is 2.00. The molecule has 0 unspecified atom stereocenters. The average Bonchev–Trinajstić information content (AvgIpc) is 2.61. The Morgan fingerprint density at radius 2 is 2.15 bits per heavy atom. The molecule has 66 valence electrons. The quantitative estimate of drug-likeness (QED) is 0.799. The van der Waals surface area contributed by atoms with Gasteiger partial charge < -0.3 is 0 Å². The van der Waals surface area contributed by atoms with Gasteiger partial charge in [0.15, 0.2) is 0 Å². The van der Waals surface area contributed by atoms with Crippen LogP contribution in [0.1, 0.15) is 10.4 Å². The number of benzene rings is 1. The van der Waals surface area contributed by atoms with Gasteiger partial charge in [-0.3, -0.25) is 4.98 Å². The third-order valence-electron chi connectivity index (χ3n) is 1.81. The summed E-state index contributed by atoms with van der Waals surface area (Å²) in [5.74, 6) is 0. The summed E-state index contributed by atoms with van der Waals surface area (Å²) >= 11 is 5.22. The maximum Gasteiger partial charge on any atom is 0.0794 e. The van der Waals surface area contributed by atoms with Gasteiger partial charge in [0.1, 0.15) is 0 Å². The van der Waals surface area contributed by atoms with E-state index in [1.165, 1.54) is 14.9 Å². The molecule has 0 aliphatic heterocycles. The van der Waals surface area contributed by atoms with Crippen molar-refractivity contribution >= 4 is 27.3 Å². The molecule has 1 heterocycles. The van der Waals surface area contributed by atoms with Gasteiger partial charge in [-0.1, -0.05) is 34.1 Å². The summed E-state index contributed by atoms with van der Waals surface area (Å²) in [6.07, 6.45) is 2.89. The Balaban J connectivity index is 2.24. The van der Waals surface area contributed by atoms with Crippen molar-refractivity contribution in [2.75, 3.05) is 0 Å². The number of rotatable bonds is 2. The monoisotopic (exact) mass is 253 g/mol. The van der Waals surface area contributed by atoms with Crippen LogP contribution in [-0.4, -0.2) is 4.98 Å². The second kappa shape index (κ2) is 4.03. The van der Waals surface area contributed by atoms with Crippen LogP contribution in [0.5, 0.6) is 0 Å². The summed E-state index contributed by atoms with van der Waals surface area (Å²) in [6, 6.07) is 8.28. The first-order chi connectivity index (χ1) is 6.36. The van der Waals surface area contributed by atoms with E-state index in [9.17, 15) is 0 Å². The first-order valence-corrected chi connectivity index (χ1v) is 5.64. The first kappa shape index (κ1) is 8.91. The zero-order valence-electron chi connectivity index (χ0n) is 6.90. The molecule has 0 saturated heterocycles. The highest BCUT2D eigenvalue weighted by atomic mass is 79.9. The SMILES string of the molecule is Brc1ccccc1Cc1cncs1. The number of thiazole rings is 1. The molecular formula is C10H8BrNS. The van der Waals surface area contributed by atoms with Crippen molar-refractivity contribution in [3.63, 3.8) is 0 Å². The Kier molecular flexibility index (Phi) is 2.76. The number of nitrogens with zero attached hydrogens (tertiary/aromatic N) is 1. The maximum atomic E-state index is 4.05. The van der Waals surface area contributed by atoms with E-state index in [1.54, 1.807) is 11.3 Å². The van der Waals surface area contributed by atoms with Gasteiger partial charge in [-0.15, -0.1) is 11.3 Å². The fourth-order valence-corrected chi connectivity index (χ4v) is 2.20. The zero-order chi connectivity index (χ0) is 9.10. The fourth-order valence-electron chi connectivity index (χ4n) is 1.16. The highest BCUT2D eigenvalue weighted by Crippen LogP contribution is 2.20. The van der Waals surface area contributed by atoms with E-state index < -0.39 is 0 Å². The summed E-state index contributed by atoms with van der Waals surface area (Å²) in [5, 5.41) is 0. The molecule has 1 aromatic carbocycles. The summed E-state index contributed by atoms with van der Waals surface area (Å²) < 4.78 is 1.17. The van der Waals surface area contributed by atoms with E-state index >= 15 is 0 Å². The molecule has 2 aromatic rings. The van der Waals surface area contributed by atoms with Crippen LogP contribution in [0.3, 0.4) is 0 Å². The van der Waals surface area contributed by atoms with Crippen LogP contribution in [0.4, 0.5) is 0 Å². The lowest BCUT2D eigenvalue weighted by atomic mass is 10.1. The van der Waals surface area contributed by atoms with Gasteiger partial charge in [0.05, 0.1) is 5.51 Å². The number of hydrogen-bond donors (Lipinski definition) is 0. The van der Waals surface area contributed by atoms with E-state index in [4.69, 9.17) is 0 Å². The molecule has 2 rings (SSSR count). The van der Waals surface area contributed by atoms with Gasteiger partial charge in [-0.25, -0.2) is 0 Å². The van der Waals surface area contributed by atoms with E-state index in [-0.39, 0.29) is 0 Å². The normalized spacial score (nSPS) is 10.2. The van der Waals surface area contributed by atoms with Crippen LogP contribution in [0, 0.1) is 0 Å². The Bertz CT molecular complexity index is 384. The minimum absolute atomic E-state index is 0.964. The Hall–Kier alpha value is -0.670. The van der Waals surface area contributed by atoms with Gasteiger partial charge >= 0.3 is 0 Å². The first-order valence-electron chi connectivity index (χ1n) is 3.97. The summed E-state index contributed by atoms with van der Waals surface area (Å²) in [4.78, 5) is 5.35. The molecular weight excluding hydrogens is 246 g/mol. The molecule has 0 bridgehead atoms. The second-order valence-electron chi connectivity index (χ2n) is 2.74. The number of hydrogen-bond acceptors (Lipinski definition) is 2. The topological polar surface area (TPSA) is 12.9 Å². The van der Waals surface area contributed by atoms with Gasteiger partial charge in [0.2, 0.25) is 0 Å². The number of halogens is 1. The number of aromatic nitrogens is 1. The predicted molar refractivity (Wildman–Crippen MR) is 59.1 cm³/mol. The van der Waals surface area contributed by atoms with Gasteiger partial charge in [0.25, 0.3) is 0 Å². The zero-order valence-corrected chi connectivity index (χ0v) is 9.31. The van der Waals surface area contributed by atoms with Gasteiger partial charge in [-0.2, -0.15) is 0 Å². The van der Waals surface area contributed by atoms with Crippen molar-refractivity contribution in [3.8, 4) is 0 Å². The molecule has 0 spiro atoms. The Morgan fingerprint density at radius 3 is 2.85 bits per heavy atom. The van der Waals surface area contributed by atoms with Crippen LogP contribution in [0.15, 0.2) is 40.4 Å². The molecule has 1 aromatic heterocycles. The van der Waals surface area contributed by atoms with Crippen LogP contribution in [-0.2, 0) is 6.42 Å². The smallest absolute Gasteiger partial charge is 0.0794 e. The lowest BCUT2D eigenvalue weighted by Crippen LogP contribution is -1.85. The molecule has 0 atom stereocenters. The second-order valence-corrected chi connectivity index (χ2v) is 4.56. The minimum atomic E-state index is 0.964. The molecule has 0 aliphatic rings. The third kappa shape index (κ3) is 2.17. The lowest BCUT2D eigenvalue weighted by Gasteiger charge is -2.00. The molecule has 0 fully saturated rings. The maximum absolute atomic E-state index is 4.05. The summed E-state index contributed by atoms with van der Waals surface area (Å²) in [6.45, 7) is 0. The molecule has 0 saturated carbocycles. The van der Waals surface area contributed by atoms with Crippen LogP contribution in [0.25, 0.3) is 0 Å². The van der Waals surface area contributed by atoms with Crippen LogP contribution < -0.4 is 0 Å². The van der Waals surface area contributed by atoms with Gasteiger partial charge in [0, 0.05) is 22.0 Å². The average molecular weight is 254 g/mol. The van der Waals surface area contributed by atoms with Crippen molar-refractivity contribution in [1.82, 2.24) is 4.98 Å². The Morgan fingerprint density at radius 1 is 1.31 bits per heavy atom. The third-order valence-corrected chi connectivity index (χ3v) is 3.36. The minimum Gasteiger partial charge on any atom is -0.253 e. The molecule has 0 amide bonds. The standard InChI is InChI=1S/C10H8BrNS/c11-10-4-2-1-3-8(10)5-9-6-12-7-13-9/h1-4,6-7H,5H2. The van der Waals surface area contributed by atoms with Crippen molar-refractivity contribution < 1.29 is 0 Å². The molecule has 0 aliphatic carbocycles. The van der Waals surface area contributed by atoms with E-state index in [0.29, 0.717) is 0 Å². The van der Waals surface area contributed by atoms with Crippen molar-refractivity contribution in [1.29, 1.82) is 0 Å². The Labute approximate surface area is 89.6 Å². The van der Waals surface area contributed by atoms with E-state index in [2.05, 4.69) is 39.1 Å².